The maximum absolute atomic E-state index is 13.1. The van der Waals surface area contributed by atoms with E-state index >= 15 is 0 Å². The van der Waals surface area contributed by atoms with Crippen LogP contribution in [0.4, 0.5) is 4.39 Å². The number of nitrogens with one attached hydrogen (secondary N) is 1. The second-order valence-electron chi connectivity index (χ2n) is 6.61. The van der Waals surface area contributed by atoms with Crippen LogP contribution in [0, 0.1) is 5.82 Å². The summed E-state index contributed by atoms with van der Waals surface area (Å²) in [6.07, 6.45) is 0. The molecule has 1 aromatic heterocycles. The van der Waals surface area contributed by atoms with Gasteiger partial charge in [-0.05, 0) is 52.7 Å². The Hall–Kier alpha value is -3.58. The molecule has 1 amide bonds. The highest BCUT2D eigenvalue weighted by atomic mass is 35.5. The molecule has 1 heterocycles. The number of hydrogen-bond donors (Lipinski definition) is 1. The highest BCUT2D eigenvalue weighted by Gasteiger charge is 2.18. The molecule has 30 heavy (non-hydrogen) atoms. The summed E-state index contributed by atoms with van der Waals surface area (Å²) >= 11 is 6.00. The molecule has 6 nitrogen and oxygen atoms in total. The third-order valence-electron chi connectivity index (χ3n) is 4.48. The van der Waals surface area contributed by atoms with Gasteiger partial charge in [-0.15, -0.1) is 10.2 Å². The first-order valence-corrected chi connectivity index (χ1v) is 9.60. The summed E-state index contributed by atoms with van der Waals surface area (Å²) in [5, 5.41) is 15.7. The zero-order valence-electron chi connectivity index (χ0n) is 15.7. The fourth-order valence-electron chi connectivity index (χ4n) is 3.02. The number of aromatic nitrogens is 4. The van der Waals surface area contributed by atoms with Gasteiger partial charge in [0.25, 0.3) is 0 Å². The molecule has 0 radical (unpaired) electrons. The average molecular weight is 422 g/mol. The number of nitrogens with zero attached hydrogens (tertiary/aromatic N) is 4. The van der Waals surface area contributed by atoms with Crippen molar-refractivity contribution in [2.75, 3.05) is 0 Å². The van der Waals surface area contributed by atoms with Crippen molar-refractivity contribution >= 4 is 17.5 Å². The van der Waals surface area contributed by atoms with E-state index in [4.69, 9.17) is 11.6 Å². The number of amides is 1. The molecule has 0 saturated carbocycles. The van der Waals surface area contributed by atoms with E-state index in [1.54, 1.807) is 24.3 Å². The SMILES string of the molecule is O=C(Cn1nnc(-c2ccc(F)cc2)n1)NC(c1ccccc1)c1ccc(Cl)cc1. The smallest absolute Gasteiger partial charge is 0.244 e. The van der Waals surface area contributed by atoms with Crippen LogP contribution in [0.3, 0.4) is 0 Å². The zero-order chi connectivity index (χ0) is 20.9. The van der Waals surface area contributed by atoms with Gasteiger partial charge in [-0.3, -0.25) is 4.79 Å². The van der Waals surface area contributed by atoms with Gasteiger partial charge in [0.2, 0.25) is 11.7 Å². The van der Waals surface area contributed by atoms with E-state index in [0.29, 0.717) is 16.4 Å². The lowest BCUT2D eigenvalue weighted by atomic mass is 9.99. The number of halogens is 2. The molecule has 0 bridgehead atoms. The Kier molecular flexibility index (Phi) is 5.81. The fourth-order valence-corrected chi connectivity index (χ4v) is 3.15. The minimum atomic E-state index is -0.351. The minimum Gasteiger partial charge on any atom is -0.344 e. The van der Waals surface area contributed by atoms with E-state index in [0.717, 1.165) is 11.1 Å². The van der Waals surface area contributed by atoms with Crippen molar-refractivity contribution in [3.63, 3.8) is 0 Å². The molecule has 8 heteroatoms. The van der Waals surface area contributed by atoms with Crippen molar-refractivity contribution in [2.24, 2.45) is 0 Å². The zero-order valence-corrected chi connectivity index (χ0v) is 16.5. The van der Waals surface area contributed by atoms with Crippen molar-refractivity contribution in [3.05, 3.63) is 101 Å². The normalized spacial score (nSPS) is 11.8. The summed E-state index contributed by atoms with van der Waals surface area (Å²) in [7, 11) is 0. The van der Waals surface area contributed by atoms with Crippen LogP contribution in [0.5, 0.6) is 0 Å². The van der Waals surface area contributed by atoms with E-state index in [-0.39, 0.29) is 24.3 Å². The van der Waals surface area contributed by atoms with Crippen LogP contribution in [-0.4, -0.2) is 26.1 Å². The maximum atomic E-state index is 13.1. The molecule has 0 saturated heterocycles. The van der Waals surface area contributed by atoms with Gasteiger partial charge < -0.3 is 5.32 Å². The highest BCUT2D eigenvalue weighted by molar-refractivity contribution is 6.30. The van der Waals surface area contributed by atoms with Crippen LogP contribution in [0.15, 0.2) is 78.9 Å². The first kappa shape index (κ1) is 19.7. The minimum absolute atomic E-state index is 0.106. The van der Waals surface area contributed by atoms with Gasteiger partial charge in [0.05, 0.1) is 6.04 Å². The van der Waals surface area contributed by atoms with Gasteiger partial charge in [0, 0.05) is 10.6 Å². The number of benzene rings is 3. The molecule has 4 rings (SSSR count). The number of carbonyl (C=O) groups excluding carboxylic acids is 1. The predicted octanol–water partition coefficient (Wildman–Crippen LogP) is 4.04. The Morgan fingerprint density at radius 2 is 1.63 bits per heavy atom. The van der Waals surface area contributed by atoms with E-state index in [1.165, 1.54) is 16.9 Å². The third kappa shape index (κ3) is 4.69. The number of carbonyl (C=O) groups is 1. The van der Waals surface area contributed by atoms with Crippen molar-refractivity contribution in [1.29, 1.82) is 0 Å². The van der Waals surface area contributed by atoms with Crippen molar-refractivity contribution in [2.45, 2.75) is 12.6 Å². The largest absolute Gasteiger partial charge is 0.344 e. The Morgan fingerprint density at radius 3 is 2.33 bits per heavy atom. The molecule has 4 aromatic rings. The number of tetrazole rings is 1. The second-order valence-corrected chi connectivity index (χ2v) is 7.05. The standard InChI is InChI=1S/C22H17ClFN5O/c23-18-10-6-16(7-11-18)21(15-4-2-1-3-5-15)25-20(30)14-29-27-22(26-28-29)17-8-12-19(24)13-9-17/h1-13,21H,14H2,(H,25,30). The van der Waals surface area contributed by atoms with Gasteiger partial charge in [-0.25, -0.2) is 4.39 Å². The van der Waals surface area contributed by atoms with Crippen LogP contribution in [0.1, 0.15) is 17.2 Å². The summed E-state index contributed by atoms with van der Waals surface area (Å²) in [5.41, 5.74) is 2.45. The molecule has 0 spiro atoms. The van der Waals surface area contributed by atoms with Crippen molar-refractivity contribution in [1.82, 2.24) is 25.5 Å². The third-order valence-corrected chi connectivity index (χ3v) is 4.73. The lowest BCUT2D eigenvalue weighted by Crippen LogP contribution is -2.32. The van der Waals surface area contributed by atoms with Crippen LogP contribution in [0.25, 0.3) is 11.4 Å². The second kappa shape index (κ2) is 8.84. The van der Waals surface area contributed by atoms with E-state index in [1.807, 2.05) is 42.5 Å². The molecule has 3 aromatic carbocycles. The molecule has 0 aliphatic rings. The Bertz CT molecular complexity index is 1130. The predicted molar refractivity (Wildman–Crippen MR) is 111 cm³/mol. The Morgan fingerprint density at radius 1 is 0.967 bits per heavy atom. The van der Waals surface area contributed by atoms with Crippen LogP contribution >= 0.6 is 11.6 Å². The summed E-state index contributed by atoms with van der Waals surface area (Å²) in [6.45, 7) is -0.106. The quantitative estimate of drug-likeness (QED) is 0.510. The summed E-state index contributed by atoms with van der Waals surface area (Å²) in [4.78, 5) is 13.9. The van der Waals surface area contributed by atoms with Crippen LogP contribution in [0.2, 0.25) is 5.02 Å². The lowest BCUT2D eigenvalue weighted by Gasteiger charge is -2.20. The van der Waals surface area contributed by atoms with Gasteiger partial charge in [0.1, 0.15) is 12.4 Å². The molecule has 0 fully saturated rings. The average Bonchev–Trinajstić information content (AvgIpc) is 3.22. The molecule has 0 aliphatic heterocycles. The fraction of sp³-hybridized carbons (Fsp3) is 0.0909. The first-order valence-electron chi connectivity index (χ1n) is 9.22. The van der Waals surface area contributed by atoms with Gasteiger partial charge in [-0.2, -0.15) is 4.80 Å². The summed E-state index contributed by atoms with van der Waals surface area (Å²) in [5.74, 6) is -0.304. The molecule has 150 valence electrons. The molecule has 0 aliphatic carbocycles. The van der Waals surface area contributed by atoms with Crippen molar-refractivity contribution in [3.8, 4) is 11.4 Å². The van der Waals surface area contributed by atoms with E-state index in [2.05, 4.69) is 20.7 Å². The van der Waals surface area contributed by atoms with Gasteiger partial charge in [0.15, 0.2) is 0 Å². The van der Waals surface area contributed by atoms with Gasteiger partial charge >= 0.3 is 0 Å². The Labute approximate surface area is 177 Å². The number of hydrogen-bond acceptors (Lipinski definition) is 4. The van der Waals surface area contributed by atoms with E-state index < -0.39 is 0 Å². The monoisotopic (exact) mass is 421 g/mol. The first-order chi connectivity index (χ1) is 14.6. The van der Waals surface area contributed by atoms with Crippen LogP contribution in [-0.2, 0) is 11.3 Å². The molecular formula is C22H17ClFN5O. The number of rotatable bonds is 6. The lowest BCUT2D eigenvalue weighted by molar-refractivity contribution is -0.122. The molecule has 1 unspecified atom stereocenters. The Balaban J connectivity index is 1.50. The van der Waals surface area contributed by atoms with E-state index in [9.17, 15) is 9.18 Å². The molecular weight excluding hydrogens is 405 g/mol. The summed E-state index contributed by atoms with van der Waals surface area (Å²) in [6, 6.07) is 22.4. The van der Waals surface area contributed by atoms with Crippen molar-refractivity contribution < 1.29 is 9.18 Å². The summed E-state index contributed by atoms with van der Waals surface area (Å²) < 4.78 is 13.1. The maximum Gasteiger partial charge on any atom is 0.244 e. The molecule has 1 N–H and O–H groups in total. The van der Waals surface area contributed by atoms with Crippen LogP contribution < -0.4 is 5.32 Å². The molecule has 1 atom stereocenters. The highest BCUT2D eigenvalue weighted by Crippen LogP contribution is 2.23. The van der Waals surface area contributed by atoms with Gasteiger partial charge in [-0.1, -0.05) is 54.1 Å². The topological polar surface area (TPSA) is 72.7 Å².